The fourth-order valence-electron chi connectivity index (χ4n) is 2.29. The van der Waals surface area contributed by atoms with Gasteiger partial charge in [-0.25, -0.2) is 0 Å². The fourth-order valence-corrected chi connectivity index (χ4v) is 2.48. The third kappa shape index (κ3) is 4.94. The normalized spacial score (nSPS) is 24.4. The second-order valence-corrected chi connectivity index (χ2v) is 5.61. The Kier molecular flexibility index (Phi) is 6.10. The summed E-state index contributed by atoms with van der Waals surface area (Å²) >= 11 is 5.99. The molecule has 0 amide bonds. The van der Waals surface area contributed by atoms with Gasteiger partial charge in [0.1, 0.15) is 18.5 Å². The molecule has 5 heteroatoms. The molecule has 1 saturated heterocycles. The quantitative estimate of drug-likeness (QED) is 0.846. The van der Waals surface area contributed by atoms with E-state index in [2.05, 4.69) is 12.2 Å². The molecule has 0 saturated carbocycles. The molecule has 4 nitrogen and oxygen atoms in total. The molecule has 112 valence electrons. The Morgan fingerprint density at radius 3 is 3.05 bits per heavy atom. The lowest BCUT2D eigenvalue weighted by molar-refractivity contribution is 0.00966. The first-order valence-corrected chi connectivity index (χ1v) is 7.43. The standard InChI is InChI=1S/C15H22ClNO3/c1-11-8-12(6-7-19-11)17-9-13(18)10-20-15-5-3-2-4-14(15)16/h2-5,11-13,17-18H,6-10H2,1H3. The largest absolute Gasteiger partial charge is 0.489 e. The monoisotopic (exact) mass is 299 g/mol. The van der Waals surface area contributed by atoms with Crippen molar-refractivity contribution in [3.63, 3.8) is 0 Å². The van der Waals surface area contributed by atoms with E-state index >= 15 is 0 Å². The van der Waals surface area contributed by atoms with E-state index in [9.17, 15) is 5.11 Å². The molecule has 1 aliphatic rings. The predicted octanol–water partition coefficient (Wildman–Crippen LogP) is 2.24. The highest BCUT2D eigenvalue weighted by Gasteiger charge is 2.19. The smallest absolute Gasteiger partial charge is 0.138 e. The molecule has 1 fully saturated rings. The Morgan fingerprint density at radius 1 is 1.50 bits per heavy atom. The highest BCUT2D eigenvalue weighted by atomic mass is 35.5. The van der Waals surface area contributed by atoms with Crippen molar-refractivity contribution in [2.45, 2.75) is 38.0 Å². The van der Waals surface area contributed by atoms with Gasteiger partial charge in [-0.2, -0.15) is 0 Å². The number of ether oxygens (including phenoxy) is 2. The minimum Gasteiger partial charge on any atom is -0.489 e. The molecule has 20 heavy (non-hydrogen) atoms. The average Bonchev–Trinajstić information content (AvgIpc) is 2.44. The zero-order valence-electron chi connectivity index (χ0n) is 11.7. The molecule has 3 unspecified atom stereocenters. The van der Waals surface area contributed by atoms with Crippen LogP contribution in [0.2, 0.25) is 5.02 Å². The maximum Gasteiger partial charge on any atom is 0.138 e. The van der Waals surface area contributed by atoms with Crippen LogP contribution in [0, 0.1) is 0 Å². The maximum atomic E-state index is 9.94. The molecular formula is C15H22ClNO3. The summed E-state index contributed by atoms with van der Waals surface area (Å²) in [5, 5.41) is 13.9. The summed E-state index contributed by atoms with van der Waals surface area (Å²) in [7, 11) is 0. The Bertz CT molecular complexity index is 416. The number of nitrogens with one attached hydrogen (secondary N) is 1. The van der Waals surface area contributed by atoms with Crippen LogP contribution >= 0.6 is 11.6 Å². The molecule has 0 aliphatic carbocycles. The molecule has 2 rings (SSSR count). The van der Waals surface area contributed by atoms with E-state index in [1.165, 1.54) is 0 Å². The molecule has 0 bridgehead atoms. The van der Waals surface area contributed by atoms with Gasteiger partial charge in [-0.1, -0.05) is 23.7 Å². The van der Waals surface area contributed by atoms with Crippen molar-refractivity contribution < 1.29 is 14.6 Å². The van der Waals surface area contributed by atoms with Gasteiger partial charge >= 0.3 is 0 Å². The predicted molar refractivity (Wildman–Crippen MR) is 79.4 cm³/mol. The van der Waals surface area contributed by atoms with Crippen molar-refractivity contribution in [3.8, 4) is 5.75 Å². The van der Waals surface area contributed by atoms with E-state index in [1.807, 2.05) is 12.1 Å². The molecule has 0 aromatic heterocycles. The van der Waals surface area contributed by atoms with Gasteiger partial charge in [-0.05, 0) is 31.9 Å². The molecule has 1 aromatic rings. The minimum atomic E-state index is -0.551. The lowest BCUT2D eigenvalue weighted by Crippen LogP contribution is -2.42. The minimum absolute atomic E-state index is 0.232. The molecule has 3 atom stereocenters. The van der Waals surface area contributed by atoms with Crippen LogP contribution < -0.4 is 10.1 Å². The Balaban J connectivity index is 1.68. The van der Waals surface area contributed by atoms with Crippen LogP contribution in [0.15, 0.2) is 24.3 Å². The molecule has 1 heterocycles. The van der Waals surface area contributed by atoms with Gasteiger partial charge in [-0.3, -0.25) is 0 Å². The van der Waals surface area contributed by atoms with Gasteiger partial charge in [0.2, 0.25) is 0 Å². The summed E-state index contributed by atoms with van der Waals surface area (Å²) in [4.78, 5) is 0. The van der Waals surface area contributed by atoms with Crippen LogP contribution in [0.3, 0.4) is 0 Å². The molecule has 1 aromatic carbocycles. The molecule has 0 radical (unpaired) electrons. The van der Waals surface area contributed by atoms with E-state index in [0.29, 0.717) is 23.4 Å². The SMILES string of the molecule is CC1CC(NCC(O)COc2ccccc2Cl)CCO1. The highest BCUT2D eigenvalue weighted by molar-refractivity contribution is 6.32. The van der Waals surface area contributed by atoms with Crippen molar-refractivity contribution in [3.05, 3.63) is 29.3 Å². The van der Waals surface area contributed by atoms with Crippen LogP contribution in [-0.4, -0.2) is 43.1 Å². The number of aliphatic hydroxyl groups excluding tert-OH is 1. The van der Waals surface area contributed by atoms with Gasteiger partial charge in [-0.15, -0.1) is 0 Å². The average molecular weight is 300 g/mol. The fraction of sp³-hybridized carbons (Fsp3) is 0.600. The lowest BCUT2D eigenvalue weighted by atomic mass is 10.0. The molecular weight excluding hydrogens is 278 g/mol. The number of hydrogen-bond acceptors (Lipinski definition) is 4. The van der Waals surface area contributed by atoms with E-state index in [-0.39, 0.29) is 12.7 Å². The van der Waals surface area contributed by atoms with Crippen molar-refractivity contribution in [1.29, 1.82) is 0 Å². The lowest BCUT2D eigenvalue weighted by Gasteiger charge is -2.28. The van der Waals surface area contributed by atoms with Crippen molar-refractivity contribution >= 4 is 11.6 Å². The van der Waals surface area contributed by atoms with Crippen LogP contribution in [0.5, 0.6) is 5.75 Å². The molecule has 0 spiro atoms. The van der Waals surface area contributed by atoms with Crippen molar-refractivity contribution in [2.24, 2.45) is 0 Å². The highest BCUT2D eigenvalue weighted by Crippen LogP contribution is 2.23. The van der Waals surface area contributed by atoms with E-state index in [1.54, 1.807) is 12.1 Å². The Morgan fingerprint density at radius 2 is 2.30 bits per heavy atom. The summed E-state index contributed by atoms with van der Waals surface area (Å²) in [6.45, 7) is 3.60. The Hall–Kier alpha value is -0.810. The van der Waals surface area contributed by atoms with E-state index in [4.69, 9.17) is 21.1 Å². The third-order valence-electron chi connectivity index (χ3n) is 3.40. The van der Waals surface area contributed by atoms with Gasteiger partial charge in [0.25, 0.3) is 0 Å². The number of benzene rings is 1. The van der Waals surface area contributed by atoms with Gasteiger partial charge in [0.15, 0.2) is 0 Å². The first kappa shape index (κ1) is 15.6. The number of hydrogen-bond donors (Lipinski definition) is 2. The van der Waals surface area contributed by atoms with Crippen LogP contribution in [0.1, 0.15) is 19.8 Å². The molecule has 1 aliphatic heterocycles. The van der Waals surface area contributed by atoms with E-state index < -0.39 is 6.10 Å². The van der Waals surface area contributed by atoms with Crippen LogP contribution in [0.4, 0.5) is 0 Å². The van der Waals surface area contributed by atoms with Gasteiger partial charge < -0.3 is 19.9 Å². The molecule has 2 N–H and O–H groups in total. The van der Waals surface area contributed by atoms with Gasteiger partial charge in [0.05, 0.1) is 11.1 Å². The number of para-hydroxylation sites is 1. The maximum absolute atomic E-state index is 9.94. The zero-order valence-corrected chi connectivity index (χ0v) is 12.5. The van der Waals surface area contributed by atoms with Crippen LogP contribution in [-0.2, 0) is 4.74 Å². The van der Waals surface area contributed by atoms with Gasteiger partial charge in [0, 0.05) is 19.2 Å². The summed E-state index contributed by atoms with van der Waals surface area (Å²) in [5.74, 6) is 0.605. The number of aliphatic hydroxyl groups is 1. The second kappa shape index (κ2) is 7.84. The number of rotatable bonds is 6. The summed E-state index contributed by atoms with van der Waals surface area (Å²) in [6.07, 6.45) is 1.71. The summed E-state index contributed by atoms with van der Waals surface area (Å²) in [5.41, 5.74) is 0. The van der Waals surface area contributed by atoms with Crippen molar-refractivity contribution in [1.82, 2.24) is 5.32 Å². The number of halogens is 1. The van der Waals surface area contributed by atoms with E-state index in [0.717, 1.165) is 19.4 Å². The topological polar surface area (TPSA) is 50.7 Å². The zero-order chi connectivity index (χ0) is 14.4. The van der Waals surface area contributed by atoms with Crippen LogP contribution in [0.25, 0.3) is 0 Å². The Labute approximate surface area is 125 Å². The first-order chi connectivity index (χ1) is 9.65. The third-order valence-corrected chi connectivity index (χ3v) is 3.71. The van der Waals surface area contributed by atoms with Crippen molar-refractivity contribution in [2.75, 3.05) is 19.8 Å². The summed E-state index contributed by atoms with van der Waals surface area (Å²) in [6, 6.07) is 7.68. The second-order valence-electron chi connectivity index (χ2n) is 5.21. The first-order valence-electron chi connectivity index (χ1n) is 7.05. The summed E-state index contributed by atoms with van der Waals surface area (Å²) < 4.78 is 11.0.